The van der Waals surface area contributed by atoms with E-state index in [2.05, 4.69) is 20.3 Å². The van der Waals surface area contributed by atoms with Crippen LogP contribution in [-0.2, 0) is 16.0 Å². The summed E-state index contributed by atoms with van der Waals surface area (Å²) in [6.45, 7) is 1.78. The number of carbonyl (C=O) groups excluding carboxylic acids is 3. The third-order valence-corrected chi connectivity index (χ3v) is 4.02. The normalized spacial score (nSPS) is 11.6. The molecule has 0 saturated carbocycles. The number of hydrogen-bond acceptors (Lipinski definition) is 6. The molecule has 9 heteroatoms. The van der Waals surface area contributed by atoms with E-state index in [4.69, 9.17) is 5.73 Å². The third kappa shape index (κ3) is 4.09. The average molecular weight is 378 g/mol. The van der Waals surface area contributed by atoms with Crippen LogP contribution in [-0.4, -0.2) is 43.2 Å². The van der Waals surface area contributed by atoms with Crippen LogP contribution in [0, 0.1) is 6.92 Å². The third-order valence-electron chi connectivity index (χ3n) is 4.02. The molecule has 3 rings (SSSR count). The van der Waals surface area contributed by atoms with Gasteiger partial charge in [-0.3, -0.25) is 23.9 Å². The van der Waals surface area contributed by atoms with Gasteiger partial charge in [0.2, 0.25) is 11.6 Å². The summed E-state index contributed by atoms with van der Waals surface area (Å²) in [5.74, 6) is -2.13. The van der Waals surface area contributed by atoms with Crippen molar-refractivity contribution in [2.45, 2.75) is 19.4 Å². The molecule has 3 heterocycles. The van der Waals surface area contributed by atoms with E-state index in [1.54, 1.807) is 60.3 Å². The zero-order chi connectivity index (χ0) is 20.1. The number of Topliss-reactive ketones (excluding diaryl/α,β-unsaturated/α-hetero) is 1. The van der Waals surface area contributed by atoms with E-state index in [-0.39, 0.29) is 12.2 Å². The maximum atomic E-state index is 12.8. The molecule has 1 unspecified atom stereocenters. The number of aryl methyl sites for hydroxylation is 1. The van der Waals surface area contributed by atoms with Gasteiger partial charge >= 0.3 is 0 Å². The summed E-state index contributed by atoms with van der Waals surface area (Å²) < 4.78 is 1.56. The molecule has 0 radical (unpaired) electrons. The summed E-state index contributed by atoms with van der Waals surface area (Å²) in [6.07, 6.45) is 4.70. The largest absolute Gasteiger partial charge is 0.363 e. The summed E-state index contributed by atoms with van der Waals surface area (Å²) in [5.41, 5.74) is 6.36. The molecule has 3 N–H and O–H groups in total. The number of imidazole rings is 1. The maximum absolute atomic E-state index is 12.8. The zero-order valence-electron chi connectivity index (χ0n) is 15.1. The Labute approximate surface area is 160 Å². The van der Waals surface area contributed by atoms with Crippen molar-refractivity contribution >= 4 is 17.6 Å². The lowest BCUT2D eigenvalue weighted by Gasteiger charge is -2.16. The first-order chi connectivity index (χ1) is 13.5. The standard InChI is InChI=1S/C19H18N6O3/c1-12-11-23-18(25(12)15-7-3-5-9-22-15)19(28)24-14(16(26)17(20)27)10-13-6-2-4-8-21-13/h2-9,11,14H,10H2,1H3,(H2,20,27)(H,24,28). The predicted octanol–water partition coefficient (Wildman–Crippen LogP) is 0.366. The van der Waals surface area contributed by atoms with E-state index in [9.17, 15) is 14.4 Å². The Bertz CT molecular complexity index is 1000. The SMILES string of the molecule is Cc1cnc(C(=O)NC(Cc2ccccn2)C(=O)C(N)=O)n1-c1ccccn1. The van der Waals surface area contributed by atoms with Gasteiger partial charge < -0.3 is 11.1 Å². The predicted molar refractivity (Wildman–Crippen MR) is 99.5 cm³/mol. The molecule has 1 atom stereocenters. The van der Waals surface area contributed by atoms with E-state index in [0.717, 1.165) is 0 Å². The van der Waals surface area contributed by atoms with Crippen LogP contribution < -0.4 is 11.1 Å². The smallest absolute Gasteiger partial charge is 0.288 e. The second-order valence-corrected chi connectivity index (χ2v) is 6.03. The number of pyridine rings is 2. The Hall–Kier alpha value is -3.88. The number of nitrogens with two attached hydrogens (primary N) is 1. The van der Waals surface area contributed by atoms with Crippen LogP contribution in [0.1, 0.15) is 22.0 Å². The first kappa shape index (κ1) is 18.9. The summed E-state index contributed by atoms with van der Waals surface area (Å²) >= 11 is 0. The van der Waals surface area contributed by atoms with Crippen LogP contribution in [0.2, 0.25) is 0 Å². The van der Waals surface area contributed by atoms with Gasteiger partial charge in [-0.1, -0.05) is 12.1 Å². The minimum atomic E-state index is -1.16. The number of hydrogen-bond donors (Lipinski definition) is 2. The van der Waals surface area contributed by atoms with Crippen LogP contribution in [0.5, 0.6) is 0 Å². The molecule has 142 valence electrons. The minimum Gasteiger partial charge on any atom is -0.363 e. The Balaban J connectivity index is 1.89. The van der Waals surface area contributed by atoms with Crippen molar-refractivity contribution in [1.29, 1.82) is 0 Å². The number of nitrogens with one attached hydrogen (secondary N) is 1. The Kier molecular flexibility index (Phi) is 5.54. The lowest BCUT2D eigenvalue weighted by atomic mass is 10.1. The number of aromatic nitrogens is 4. The molecule has 28 heavy (non-hydrogen) atoms. The number of amides is 2. The van der Waals surface area contributed by atoms with Crippen molar-refractivity contribution in [2.75, 3.05) is 0 Å². The van der Waals surface area contributed by atoms with E-state index < -0.39 is 23.6 Å². The number of ketones is 1. The van der Waals surface area contributed by atoms with Crippen LogP contribution in [0.3, 0.4) is 0 Å². The second kappa shape index (κ2) is 8.21. The highest BCUT2D eigenvalue weighted by molar-refractivity contribution is 6.38. The number of rotatable bonds is 7. The molecule has 0 aliphatic rings. The fraction of sp³-hybridized carbons (Fsp3) is 0.158. The first-order valence-electron chi connectivity index (χ1n) is 8.47. The fourth-order valence-electron chi connectivity index (χ4n) is 2.70. The van der Waals surface area contributed by atoms with Crippen molar-refractivity contribution in [3.63, 3.8) is 0 Å². The molecule has 0 fully saturated rings. The van der Waals surface area contributed by atoms with Crippen LogP contribution in [0.25, 0.3) is 5.82 Å². The maximum Gasteiger partial charge on any atom is 0.288 e. The van der Waals surface area contributed by atoms with Gasteiger partial charge in [0.15, 0.2) is 0 Å². The lowest BCUT2D eigenvalue weighted by Crippen LogP contribution is -2.48. The van der Waals surface area contributed by atoms with Gasteiger partial charge in [0.05, 0.1) is 0 Å². The van der Waals surface area contributed by atoms with Crippen molar-refractivity contribution in [3.8, 4) is 5.82 Å². The Morgan fingerprint density at radius 3 is 2.39 bits per heavy atom. The zero-order valence-corrected chi connectivity index (χ0v) is 15.1. The molecule has 3 aromatic rings. The van der Waals surface area contributed by atoms with E-state index >= 15 is 0 Å². The van der Waals surface area contributed by atoms with E-state index in [1.807, 2.05) is 0 Å². The van der Waals surface area contributed by atoms with Gasteiger partial charge in [0.25, 0.3) is 11.8 Å². The van der Waals surface area contributed by atoms with Crippen molar-refractivity contribution in [2.24, 2.45) is 5.73 Å². The summed E-state index contributed by atoms with van der Waals surface area (Å²) in [6, 6.07) is 9.26. The molecule has 9 nitrogen and oxygen atoms in total. The molecule has 2 amide bonds. The average Bonchev–Trinajstić information content (AvgIpc) is 3.09. The van der Waals surface area contributed by atoms with Crippen molar-refractivity contribution < 1.29 is 14.4 Å². The highest BCUT2D eigenvalue weighted by Crippen LogP contribution is 2.12. The number of carbonyl (C=O) groups is 3. The highest BCUT2D eigenvalue weighted by Gasteiger charge is 2.28. The van der Waals surface area contributed by atoms with Gasteiger partial charge in [-0.15, -0.1) is 0 Å². The molecular formula is C19H18N6O3. The van der Waals surface area contributed by atoms with Gasteiger partial charge in [-0.25, -0.2) is 9.97 Å². The number of primary amides is 1. The topological polar surface area (TPSA) is 133 Å². The van der Waals surface area contributed by atoms with Gasteiger partial charge in [-0.2, -0.15) is 0 Å². The summed E-state index contributed by atoms with van der Waals surface area (Å²) in [7, 11) is 0. The lowest BCUT2D eigenvalue weighted by molar-refractivity contribution is -0.137. The van der Waals surface area contributed by atoms with Gasteiger partial charge in [0, 0.05) is 36.4 Å². The van der Waals surface area contributed by atoms with Crippen LogP contribution in [0.4, 0.5) is 0 Å². The van der Waals surface area contributed by atoms with Gasteiger partial charge in [0.1, 0.15) is 11.9 Å². The van der Waals surface area contributed by atoms with Crippen molar-refractivity contribution in [1.82, 2.24) is 24.8 Å². The highest BCUT2D eigenvalue weighted by atomic mass is 16.2. The minimum absolute atomic E-state index is 0.0254. The molecular weight excluding hydrogens is 360 g/mol. The summed E-state index contributed by atoms with van der Waals surface area (Å²) in [5, 5.41) is 2.55. The quantitative estimate of drug-likeness (QED) is 0.571. The second-order valence-electron chi connectivity index (χ2n) is 6.03. The summed E-state index contributed by atoms with van der Waals surface area (Å²) in [4.78, 5) is 48.9. The van der Waals surface area contributed by atoms with Gasteiger partial charge in [-0.05, 0) is 31.2 Å². The van der Waals surface area contributed by atoms with E-state index in [1.165, 1.54) is 6.20 Å². The Morgan fingerprint density at radius 1 is 1.07 bits per heavy atom. The van der Waals surface area contributed by atoms with Crippen molar-refractivity contribution in [3.05, 3.63) is 72.2 Å². The monoisotopic (exact) mass is 378 g/mol. The molecule has 0 aliphatic carbocycles. The molecule has 0 saturated heterocycles. The van der Waals surface area contributed by atoms with Crippen LogP contribution in [0.15, 0.2) is 55.0 Å². The molecule has 3 aromatic heterocycles. The molecule has 0 aromatic carbocycles. The Morgan fingerprint density at radius 2 is 1.79 bits per heavy atom. The van der Waals surface area contributed by atoms with E-state index in [0.29, 0.717) is 17.2 Å². The fourth-order valence-corrected chi connectivity index (χ4v) is 2.70. The first-order valence-corrected chi connectivity index (χ1v) is 8.47. The van der Waals surface area contributed by atoms with Crippen LogP contribution >= 0.6 is 0 Å². The molecule has 0 aliphatic heterocycles. The number of nitrogens with zero attached hydrogens (tertiary/aromatic N) is 4. The molecule has 0 bridgehead atoms. The molecule has 0 spiro atoms.